The molecule has 0 heteroatoms. The zero-order valence-corrected chi connectivity index (χ0v) is 14.6. The summed E-state index contributed by atoms with van der Waals surface area (Å²) in [6, 6.07) is 0. The van der Waals surface area contributed by atoms with Crippen LogP contribution in [0.5, 0.6) is 0 Å². The normalized spacial score (nSPS) is 56.4. The SMILES string of the molecule is CC[C@H]1CC[C@H]2[C@@H]3CC[C@@H]4C[C@@H](C)CC[C@@H]4[C@H]3CC[C@]12C. The van der Waals surface area contributed by atoms with Crippen LogP contribution in [0, 0.1) is 46.8 Å². The monoisotopic (exact) mass is 288 g/mol. The van der Waals surface area contributed by atoms with Crippen LogP contribution in [0.2, 0.25) is 0 Å². The van der Waals surface area contributed by atoms with Crippen molar-refractivity contribution in [3.8, 4) is 0 Å². The summed E-state index contributed by atoms with van der Waals surface area (Å²) in [5.41, 5.74) is 0.727. The third kappa shape index (κ3) is 2.14. The van der Waals surface area contributed by atoms with Crippen LogP contribution < -0.4 is 0 Å². The van der Waals surface area contributed by atoms with Gasteiger partial charge >= 0.3 is 0 Å². The van der Waals surface area contributed by atoms with Crippen LogP contribution >= 0.6 is 0 Å². The lowest BCUT2D eigenvalue weighted by Crippen LogP contribution is -2.48. The highest BCUT2D eigenvalue weighted by atomic mass is 14.6. The number of hydrogen-bond donors (Lipinski definition) is 0. The summed E-state index contributed by atoms with van der Waals surface area (Å²) < 4.78 is 0. The maximum absolute atomic E-state index is 2.68. The first kappa shape index (κ1) is 14.6. The molecule has 4 saturated carbocycles. The summed E-state index contributed by atoms with van der Waals surface area (Å²) >= 11 is 0. The predicted molar refractivity (Wildman–Crippen MR) is 90.1 cm³/mol. The Morgan fingerprint density at radius 1 is 0.857 bits per heavy atom. The Balaban J connectivity index is 1.55. The quantitative estimate of drug-likeness (QED) is 0.531. The second kappa shape index (κ2) is 5.27. The molecule has 4 aliphatic rings. The van der Waals surface area contributed by atoms with Crippen molar-refractivity contribution in [2.45, 2.75) is 85.0 Å². The Kier molecular flexibility index (Phi) is 3.66. The van der Waals surface area contributed by atoms with Gasteiger partial charge < -0.3 is 0 Å². The molecule has 0 aromatic rings. The van der Waals surface area contributed by atoms with E-state index in [1.54, 1.807) is 51.4 Å². The van der Waals surface area contributed by atoms with E-state index < -0.39 is 0 Å². The highest BCUT2D eigenvalue weighted by Gasteiger charge is 2.56. The minimum atomic E-state index is 0.727. The standard InChI is InChI=1S/C21H36/c1-4-16-7-10-20-19-9-6-15-13-14(2)5-8-17(15)18(19)11-12-21(16,20)3/h14-20H,4-13H2,1-3H3/t14-,15+,16-,17-,18+,19+,20-,21+/m0/s1. The van der Waals surface area contributed by atoms with E-state index in [0.29, 0.717) is 0 Å². The van der Waals surface area contributed by atoms with E-state index in [2.05, 4.69) is 20.8 Å². The van der Waals surface area contributed by atoms with Crippen LogP contribution in [0.4, 0.5) is 0 Å². The van der Waals surface area contributed by atoms with Crippen LogP contribution in [-0.2, 0) is 0 Å². The Bertz CT molecular complexity index is 385. The topological polar surface area (TPSA) is 0 Å². The largest absolute Gasteiger partial charge is 0.0651 e. The Hall–Kier alpha value is 0. The third-order valence-electron chi connectivity index (χ3n) is 8.91. The molecule has 4 aliphatic carbocycles. The molecule has 0 nitrogen and oxygen atoms in total. The van der Waals surface area contributed by atoms with E-state index in [9.17, 15) is 0 Å². The van der Waals surface area contributed by atoms with Crippen molar-refractivity contribution in [2.24, 2.45) is 46.8 Å². The first-order valence-electron chi connectivity index (χ1n) is 10.1. The molecule has 0 heterocycles. The maximum Gasteiger partial charge on any atom is -0.0266 e. The molecule has 0 aliphatic heterocycles. The molecule has 4 fully saturated rings. The Morgan fingerprint density at radius 3 is 2.48 bits per heavy atom. The Morgan fingerprint density at radius 2 is 1.67 bits per heavy atom. The molecule has 120 valence electrons. The highest BCUT2D eigenvalue weighted by Crippen LogP contribution is 2.64. The Labute approximate surface area is 132 Å². The van der Waals surface area contributed by atoms with Crippen molar-refractivity contribution < 1.29 is 0 Å². The molecule has 0 unspecified atom stereocenters. The second-order valence-corrected chi connectivity index (χ2v) is 9.58. The average molecular weight is 289 g/mol. The summed E-state index contributed by atoms with van der Waals surface area (Å²) in [5.74, 6) is 7.66. The molecular formula is C21H36. The molecule has 0 amide bonds. The lowest BCUT2D eigenvalue weighted by Gasteiger charge is -2.56. The lowest BCUT2D eigenvalue weighted by molar-refractivity contribution is -0.0673. The van der Waals surface area contributed by atoms with Crippen molar-refractivity contribution >= 4 is 0 Å². The molecule has 0 bridgehead atoms. The van der Waals surface area contributed by atoms with E-state index in [4.69, 9.17) is 0 Å². The summed E-state index contributed by atoms with van der Waals surface area (Å²) in [7, 11) is 0. The van der Waals surface area contributed by atoms with Gasteiger partial charge in [0.1, 0.15) is 0 Å². The average Bonchev–Trinajstić information content (AvgIpc) is 2.83. The first-order chi connectivity index (χ1) is 10.1. The van der Waals surface area contributed by atoms with E-state index in [-0.39, 0.29) is 0 Å². The summed E-state index contributed by atoms with van der Waals surface area (Å²) in [5, 5.41) is 0. The van der Waals surface area contributed by atoms with Crippen LogP contribution in [-0.4, -0.2) is 0 Å². The maximum atomic E-state index is 2.68. The van der Waals surface area contributed by atoms with Gasteiger partial charge in [0, 0.05) is 0 Å². The van der Waals surface area contributed by atoms with Gasteiger partial charge in [0.15, 0.2) is 0 Å². The van der Waals surface area contributed by atoms with Gasteiger partial charge in [0.05, 0.1) is 0 Å². The van der Waals surface area contributed by atoms with Gasteiger partial charge in [-0.3, -0.25) is 0 Å². The number of rotatable bonds is 1. The fourth-order valence-electron chi connectivity index (χ4n) is 7.87. The van der Waals surface area contributed by atoms with Crippen LogP contribution in [0.15, 0.2) is 0 Å². The van der Waals surface area contributed by atoms with Crippen LogP contribution in [0.1, 0.15) is 85.0 Å². The molecule has 0 spiro atoms. The smallest absolute Gasteiger partial charge is 0.0266 e. The number of fused-ring (bicyclic) bond motifs is 5. The van der Waals surface area contributed by atoms with Crippen molar-refractivity contribution in [3.63, 3.8) is 0 Å². The molecule has 0 aromatic carbocycles. The molecule has 21 heavy (non-hydrogen) atoms. The van der Waals surface area contributed by atoms with Crippen molar-refractivity contribution in [1.29, 1.82) is 0 Å². The van der Waals surface area contributed by atoms with Gasteiger partial charge in [0.25, 0.3) is 0 Å². The molecule has 0 radical (unpaired) electrons. The van der Waals surface area contributed by atoms with E-state index in [0.717, 1.165) is 46.8 Å². The minimum Gasteiger partial charge on any atom is -0.0651 e. The minimum absolute atomic E-state index is 0.727. The van der Waals surface area contributed by atoms with Crippen molar-refractivity contribution in [3.05, 3.63) is 0 Å². The molecular weight excluding hydrogens is 252 g/mol. The van der Waals surface area contributed by atoms with Gasteiger partial charge in [-0.2, -0.15) is 0 Å². The lowest BCUT2D eigenvalue weighted by atomic mass is 9.49. The first-order valence-corrected chi connectivity index (χ1v) is 10.1. The van der Waals surface area contributed by atoms with E-state index in [1.165, 1.54) is 12.8 Å². The summed E-state index contributed by atoms with van der Waals surface area (Å²) in [4.78, 5) is 0. The van der Waals surface area contributed by atoms with E-state index >= 15 is 0 Å². The summed E-state index contributed by atoms with van der Waals surface area (Å²) in [6.07, 6.45) is 15.6. The molecule has 0 aromatic heterocycles. The fourth-order valence-corrected chi connectivity index (χ4v) is 7.87. The molecule has 8 atom stereocenters. The molecule has 4 rings (SSSR count). The van der Waals surface area contributed by atoms with Gasteiger partial charge in [-0.1, -0.05) is 33.6 Å². The zero-order chi connectivity index (χ0) is 14.6. The van der Waals surface area contributed by atoms with Crippen molar-refractivity contribution in [1.82, 2.24) is 0 Å². The van der Waals surface area contributed by atoms with Gasteiger partial charge in [0.2, 0.25) is 0 Å². The molecule has 0 N–H and O–H groups in total. The molecule has 0 saturated heterocycles. The van der Waals surface area contributed by atoms with Crippen molar-refractivity contribution in [2.75, 3.05) is 0 Å². The van der Waals surface area contributed by atoms with Gasteiger partial charge in [-0.05, 0) is 98.2 Å². The fraction of sp³-hybridized carbons (Fsp3) is 1.00. The second-order valence-electron chi connectivity index (χ2n) is 9.58. The summed E-state index contributed by atoms with van der Waals surface area (Å²) in [6.45, 7) is 7.64. The highest BCUT2D eigenvalue weighted by molar-refractivity contribution is 5.05. The third-order valence-corrected chi connectivity index (χ3v) is 8.91. The van der Waals surface area contributed by atoms with Crippen LogP contribution in [0.3, 0.4) is 0 Å². The van der Waals surface area contributed by atoms with Gasteiger partial charge in [-0.25, -0.2) is 0 Å². The predicted octanol–water partition coefficient (Wildman–Crippen LogP) is 6.30. The van der Waals surface area contributed by atoms with E-state index in [1.807, 2.05) is 0 Å². The van der Waals surface area contributed by atoms with Gasteiger partial charge in [-0.15, -0.1) is 0 Å². The zero-order valence-electron chi connectivity index (χ0n) is 14.6. The van der Waals surface area contributed by atoms with Crippen LogP contribution in [0.25, 0.3) is 0 Å². The number of hydrogen-bond acceptors (Lipinski definition) is 0.